The van der Waals surface area contributed by atoms with Crippen LogP contribution in [0.4, 0.5) is 0 Å². The fourth-order valence-electron chi connectivity index (χ4n) is 1.76. The molecule has 0 N–H and O–H groups in total. The number of halogens is 1. The largest absolute Gasteiger partial charge is 0.469 e. The highest BCUT2D eigenvalue weighted by Gasteiger charge is 2.12. The van der Waals surface area contributed by atoms with Gasteiger partial charge < -0.3 is 4.74 Å². The second-order valence-corrected chi connectivity index (χ2v) is 4.06. The van der Waals surface area contributed by atoms with E-state index in [4.69, 9.17) is 11.6 Å². The first-order valence-electron chi connectivity index (χ1n) is 5.17. The van der Waals surface area contributed by atoms with Crippen molar-refractivity contribution < 1.29 is 9.53 Å². The molecule has 5 nitrogen and oxygen atoms in total. The molecule has 0 unspecified atom stereocenters. The number of aryl methyl sites for hydroxylation is 2. The van der Waals surface area contributed by atoms with E-state index in [1.165, 1.54) is 13.4 Å². The van der Waals surface area contributed by atoms with E-state index in [1.807, 2.05) is 13.1 Å². The molecule has 2 aromatic rings. The number of nitrogens with zero attached hydrogens (tertiary/aromatic N) is 3. The molecule has 0 bridgehead atoms. The van der Waals surface area contributed by atoms with E-state index in [9.17, 15) is 4.79 Å². The van der Waals surface area contributed by atoms with E-state index in [-0.39, 0.29) is 5.97 Å². The van der Waals surface area contributed by atoms with E-state index >= 15 is 0 Å². The lowest BCUT2D eigenvalue weighted by Crippen LogP contribution is -2.01. The fraction of sp³-hybridized carbons (Fsp3) is 0.364. The SMILES string of the molecule is COC(=O)CCc1cn2ncnc(Cl)c2c1C. The van der Waals surface area contributed by atoms with Crippen LogP contribution in [0.1, 0.15) is 17.5 Å². The predicted molar refractivity (Wildman–Crippen MR) is 63.1 cm³/mol. The number of carbonyl (C=O) groups excluding carboxylic acids is 1. The molecule has 0 atom stereocenters. The summed E-state index contributed by atoms with van der Waals surface area (Å²) in [5.74, 6) is -0.225. The second kappa shape index (κ2) is 4.71. The van der Waals surface area contributed by atoms with Crippen LogP contribution in [0, 0.1) is 6.92 Å². The highest BCUT2D eigenvalue weighted by Crippen LogP contribution is 2.23. The van der Waals surface area contributed by atoms with Crippen LogP contribution < -0.4 is 0 Å². The van der Waals surface area contributed by atoms with Gasteiger partial charge in [0.25, 0.3) is 0 Å². The summed E-state index contributed by atoms with van der Waals surface area (Å²) in [6.45, 7) is 1.94. The Morgan fingerprint density at radius 1 is 1.59 bits per heavy atom. The Bertz CT molecular complexity index is 565. The Morgan fingerprint density at radius 3 is 3.00 bits per heavy atom. The van der Waals surface area contributed by atoms with Crippen molar-refractivity contribution in [3.05, 3.63) is 28.8 Å². The molecule has 2 rings (SSSR count). The van der Waals surface area contributed by atoms with Crippen LogP contribution in [-0.4, -0.2) is 27.7 Å². The smallest absolute Gasteiger partial charge is 0.305 e. The van der Waals surface area contributed by atoms with Gasteiger partial charge in [0, 0.05) is 12.6 Å². The van der Waals surface area contributed by atoms with E-state index in [0.717, 1.165) is 16.6 Å². The number of aromatic nitrogens is 3. The number of hydrogen-bond donors (Lipinski definition) is 0. The zero-order chi connectivity index (χ0) is 12.4. The highest BCUT2D eigenvalue weighted by atomic mass is 35.5. The van der Waals surface area contributed by atoms with E-state index < -0.39 is 0 Å². The van der Waals surface area contributed by atoms with Crippen LogP contribution in [0.2, 0.25) is 5.15 Å². The van der Waals surface area contributed by atoms with Gasteiger partial charge in [-0.2, -0.15) is 5.10 Å². The van der Waals surface area contributed by atoms with Crippen molar-refractivity contribution in [3.8, 4) is 0 Å². The molecule has 90 valence electrons. The number of rotatable bonds is 3. The van der Waals surface area contributed by atoms with Crippen LogP contribution in [0.5, 0.6) is 0 Å². The van der Waals surface area contributed by atoms with Gasteiger partial charge in [-0.3, -0.25) is 4.79 Å². The standard InChI is InChI=1S/C11H12ClN3O2/c1-7-8(3-4-9(16)17-2)5-15-10(7)11(12)13-6-14-15/h5-6H,3-4H2,1-2H3. The summed E-state index contributed by atoms with van der Waals surface area (Å²) in [4.78, 5) is 15.0. The van der Waals surface area contributed by atoms with Gasteiger partial charge in [0.1, 0.15) is 11.8 Å². The van der Waals surface area contributed by atoms with Crippen LogP contribution in [0.25, 0.3) is 5.52 Å². The topological polar surface area (TPSA) is 56.5 Å². The molecular weight excluding hydrogens is 242 g/mol. The third kappa shape index (κ3) is 2.24. The average molecular weight is 254 g/mol. The molecule has 6 heteroatoms. The van der Waals surface area contributed by atoms with E-state index in [0.29, 0.717) is 18.0 Å². The summed E-state index contributed by atoms with van der Waals surface area (Å²) in [6.07, 6.45) is 4.22. The molecule has 0 saturated heterocycles. The Balaban J connectivity index is 2.33. The maximum Gasteiger partial charge on any atom is 0.305 e. The summed E-state index contributed by atoms with van der Waals surface area (Å²) in [7, 11) is 1.38. The van der Waals surface area contributed by atoms with E-state index in [1.54, 1.807) is 4.52 Å². The number of fused-ring (bicyclic) bond motifs is 1. The minimum Gasteiger partial charge on any atom is -0.469 e. The van der Waals surface area contributed by atoms with Gasteiger partial charge in [-0.1, -0.05) is 11.6 Å². The number of hydrogen-bond acceptors (Lipinski definition) is 4. The summed E-state index contributed by atoms with van der Waals surface area (Å²) in [6, 6.07) is 0. The molecule has 17 heavy (non-hydrogen) atoms. The molecule has 0 spiro atoms. The highest BCUT2D eigenvalue weighted by molar-refractivity contribution is 6.32. The Kier molecular flexibility index (Phi) is 3.28. The molecule has 2 heterocycles. The second-order valence-electron chi connectivity index (χ2n) is 3.70. The van der Waals surface area contributed by atoms with Gasteiger partial charge in [-0.05, 0) is 24.5 Å². The van der Waals surface area contributed by atoms with Crippen molar-refractivity contribution in [1.82, 2.24) is 14.6 Å². The minimum absolute atomic E-state index is 0.225. The van der Waals surface area contributed by atoms with Gasteiger partial charge >= 0.3 is 5.97 Å². The van der Waals surface area contributed by atoms with Crippen molar-refractivity contribution in [2.75, 3.05) is 7.11 Å². The van der Waals surface area contributed by atoms with Gasteiger partial charge in [0.05, 0.1) is 7.11 Å². The summed E-state index contributed by atoms with van der Waals surface area (Å²) >= 11 is 6.00. The first-order valence-corrected chi connectivity index (χ1v) is 5.55. The van der Waals surface area contributed by atoms with Gasteiger partial charge in [0.15, 0.2) is 5.15 Å². The summed E-state index contributed by atoms with van der Waals surface area (Å²) in [5.41, 5.74) is 2.81. The normalized spacial score (nSPS) is 10.8. The van der Waals surface area contributed by atoms with Crippen molar-refractivity contribution >= 4 is 23.1 Å². The monoisotopic (exact) mass is 253 g/mol. The quantitative estimate of drug-likeness (QED) is 0.783. The third-order valence-corrected chi connectivity index (χ3v) is 2.99. The average Bonchev–Trinajstić information content (AvgIpc) is 2.64. The third-order valence-electron chi connectivity index (χ3n) is 2.71. The number of carbonyl (C=O) groups is 1. The van der Waals surface area contributed by atoms with Gasteiger partial charge in [-0.25, -0.2) is 9.50 Å². The zero-order valence-electron chi connectivity index (χ0n) is 9.61. The fourth-order valence-corrected chi connectivity index (χ4v) is 2.03. The lowest BCUT2D eigenvalue weighted by Gasteiger charge is -1.99. The summed E-state index contributed by atoms with van der Waals surface area (Å²) in [5, 5.41) is 4.49. The Hall–Kier alpha value is -1.62. The maximum absolute atomic E-state index is 11.1. The molecule has 0 aliphatic carbocycles. The zero-order valence-corrected chi connectivity index (χ0v) is 10.4. The summed E-state index contributed by atoms with van der Waals surface area (Å²) < 4.78 is 6.29. The molecule has 0 aromatic carbocycles. The molecule has 0 saturated carbocycles. The number of esters is 1. The van der Waals surface area contributed by atoms with Crippen molar-refractivity contribution in [1.29, 1.82) is 0 Å². The van der Waals surface area contributed by atoms with Crippen LogP contribution in [-0.2, 0) is 16.0 Å². The van der Waals surface area contributed by atoms with Crippen molar-refractivity contribution in [2.24, 2.45) is 0 Å². The molecule has 0 radical (unpaired) electrons. The van der Waals surface area contributed by atoms with Crippen LogP contribution in [0.15, 0.2) is 12.5 Å². The molecule has 0 aliphatic heterocycles. The van der Waals surface area contributed by atoms with Crippen LogP contribution in [0.3, 0.4) is 0 Å². The molecule has 0 amide bonds. The lowest BCUT2D eigenvalue weighted by molar-refractivity contribution is -0.140. The van der Waals surface area contributed by atoms with Crippen molar-refractivity contribution in [2.45, 2.75) is 19.8 Å². The van der Waals surface area contributed by atoms with E-state index in [2.05, 4.69) is 14.8 Å². The molecule has 0 fully saturated rings. The predicted octanol–water partition coefficient (Wildman–Crippen LogP) is 1.80. The van der Waals surface area contributed by atoms with Gasteiger partial charge in [0.2, 0.25) is 0 Å². The number of ether oxygens (including phenoxy) is 1. The minimum atomic E-state index is -0.225. The first-order chi connectivity index (χ1) is 8.13. The molecular formula is C11H12ClN3O2. The first kappa shape index (κ1) is 11.9. The maximum atomic E-state index is 11.1. The lowest BCUT2D eigenvalue weighted by atomic mass is 10.1. The molecule has 2 aromatic heterocycles. The van der Waals surface area contributed by atoms with Gasteiger partial charge in [-0.15, -0.1) is 0 Å². The van der Waals surface area contributed by atoms with Crippen molar-refractivity contribution in [3.63, 3.8) is 0 Å². The Morgan fingerprint density at radius 2 is 2.35 bits per heavy atom. The van der Waals surface area contributed by atoms with Crippen LogP contribution >= 0.6 is 11.6 Å². The number of methoxy groups -OCH3 is 1. The Labute approximate surface area is 103 Å². The molecule has 0 aliphatic rings.